The molecule has 1 amide bonds. The van der Waals surface area contributed by atoms with Crippen molar-refractivity contribution in [2.75, 3.05) is 18.9 Å². The van der Waals surface area contributed by atoms with Gasteiger partial charge in [-0.3, -0.25) is 14.9 Å². The van der Waals surface area contributed by atoms with Crippen LogP contribution in [0.5, 0.6) is 0 Å². The van der Waals surface area contributed by atoms with Gasteiger partial charge in [0.25, 0.3) is 5.69 Å². The summed E-state index contributed by atoms with van der Waals surface area (Å²) in [7, 11) is 1.66. The number of carbonyl (C=O) groups excluding carboxylic acids is 1. The van der Waals surface area contributed by atoms with Gasteiger partial charge >= 0.3 is 0 Å². The van der Waals surface area contributed by atoms with Crippen LogP contribution in [0.3, 0.4) is 0 Å². The molecule has 108 valence electrons. The zero-order chi connectivity index (χ0) is 14.5. The Balaban J connectivity index is 2.26. The van der Waals surface area contributed by atoms with Crippen LogP contribution >= 0.6 is 0 Å². The van der Waals surface area contributed by atoms with Crippen LogP contribution in [0.1, 0.15) is 31.2 Å². The fourth-order valence-electron chi connectivity index (χ4n) is 2.57. The van der Waals surface area contributed by atoms with Crippen LogP contribution < -0.4 is 5.32 Å². The minimum Gasteiger partial charge on any atom is -0.382 e. The molecule has 6 heteroatoms. The Morgan fingerprint density at radius 1 is 1.35 bits per heavy atom. The van der Waals surface area contributed by atoms with Gasteiger partial charge in [0.05, 0.1) is 4.92 Å². The number of benzene rings is 1. The van der Waals surface area contributed by atoms with Crippen molar-refractivity contribution in [1.29, 1.82) is 0 Å². The van der Waals surface area contributed by atoms with Crippen molar-refractivity contribution in [3.8, 4) is 0 Å². The summed E-state index contributed by atoms with van der Waals surface area (Å²) in [6.45, 7) is 1.15. The van der Waals surface area contributed by atoms with Crippen molar-refractivity contribution in [3.63, 3.8) is 0 Å². The van der Waals surface area contributed by atoms with Gasteiger partial charge in [-0.05, 0) is 12.8 Å². The smallest absolute Gasteiger partial charge is 0.292 e. The van der Waals surface area contributed by atoms with E-state index in [-0.39, 0.29) is 11.6 Å². The standard InChI is InChI=1S/C14H19N3O3/c1-15-14-11(6-5-7-12(14)17(19)20)10-16-9-4-2-3-8-13(16)18/h5-7,15H,2-4,8-10H2,1H3. The zero-order valence-corrected chi connectivity index (χ0v) is 11.6. The van der Waals surface area contributed by atoms with Gasteiger partial charge in [-0.1, -0.05) is 18.6 Å². The number of likely N-dealkylation sites (tertiary alicyclic amines) is 1. The first-order chi connectivity index (χ1) is 9.63. The Morgan fingerprint density at radius 3 is 2.85 bits per heavy atom. The highest BCUT2D eigenvalue weighted by molar-refractivity contribution is 5.77. The number of hydrogen-bond acceptors (Lipinski definition) is 4. The summed E-state index contributed by atoms with van der Waals surface area (Å²) in [5.74, 6) is 0.135. The second kappa shape index (κ2) is 6.36. The van der Waals surface area contributed by atoms with E-state index in [2.05, 4.69) is 5.32 Å². The summed E-state index contributed by atoms with van der Waals surface area (Å²) in [5, 5.41) is 13.9. The number of carbonyl (C=O) groups is 1. The highest BCUT2D eigenvalue weighted by Gasteiger charge is 2.21. The Kier molecular flexibility index (Phi) is 4.55. The molecule has 0 aromatic heterocycles. The molecule has 0 atom stereocenters. The summed E-state index contributed by atoms with van der Waals surface area (Å²) in [6.07, 6.45) is 3.57. The minimum absolute atomic E-state index is 0.0484. The van der Waals surface area contributed by atoms with Gasteiger partial charge < -0.3 is 10.2 Å². The first-order valence-corrected chi connectivity index (χ1v) is 6.85. The number of nitrogens with zero attached hydrogens (tertiary/aromatic N) is 2. The number of amides is 1. The van der Waals surface area contributed by atoms with Gasteiger partial charge in [0.2, 0.25) is 5.91 Å². The summed E-state index contributed by atoms with van der Waals surface area (Å²) in [5.41, 5.74) is 1.33. The average molecular weight is 277 g/mol. The highest BCUT2D eigenvalue weighted by atomic mass is 16.6. The average Bonchev–Trinajstić information content (AvgIpc) is 2.64. The molecular formula is C14H19N3O3. The Bertz CT molecular complexity index is 516. The van der Waals surface area contributed by atoms with Gasteiger partial charge in [-0.25, -0.2) is 0 Å². The summed E-state index contributed by atoms with van der Waals surface area (Å²) < 4.78 is 0. The largest absolute Gasteiger partial charge is 0.382 e. The third kappa shape index (κ3) is 3.07. The number of nitrogens with one attached hydrogen (secondary N) is 1. The maximum atomic E-state index is 12.0. The van der Waals surface area contributed by atoms with E-state index in [4.69, 9.17) is 0 Å². The molecule has 0 spiro atoms. The van der Waals surface area contributed by atoms with Crippen molar-refractivity contribution in [3.05, 3.63) is 33.9 Å². The van der Waals surface area contributed by atoms with E-state index in [1.807, 2.05) is 6.07 Å². The maximum Gasteiger partial charge on any atom is 0.292 e. The van der Waals surface area contributed by atoms with Crippen molar-refractivity contribution < 1.29 is 9.72 Å². The van der Waals surface area contributed by atoms with Gasteiger partial charge in [0.15, 0.2) is 0 Å². The van der Waals surface area contributed by atoms with Crippen molar-refractivity contribution in [2.45, 2.75) is 32.2 Å². The number of nitro benzene ring substituents is 1. The van der Waals surface area contributed by atoms with Crippen LogP contribution in [0.4, 0.5) is 11.4 Å². The summed E-state index contributed by atoms with van der Waals surface area (Å²) in [6, 6.07) is 4.97. The molecule has 1 aliphatic rings. The molecule has 1 aromatic carbocycles. The molecule has 6 nitrogen and oxygen atoms in total. The molecule has 0 bridgehead atoms. The first kappa shape index (κ1) is 14.3. The van der Waals surface area contributed by atoms with Gasteiger partial charge in [-0.15, -0.1) is 0 Å². The SMILES string of the molecule is CNc1c(CN2CCCCCC2=O)cccc1[N+](=O)[O-]. The quantitative estimate of drug-likeness (QED) is 0.678. The second-order valence-electron chi connectivity index (χ2n) is 4.94. The molecule has 1 N–H and O–H groups in total. The monoisotopic (exact) mass is 277 g/mol. The normalized spacial score (nSPS) is 15.8. The van der Waals surface area contributed by atoms with Crippen LogP contribution in [0, 0.1) is 10.1 Å². The highest BCUT2D eigenvalue weighted by Crippen LogP contribution is 2.29. The van der Waals surface area contributed by atoms with E-state index in [0.29, 0.717) is 18.7 Å². The number of para-hydroxylation sites is 1. The molecule has 1 saturated heterocycles. The van der Waals surface area contributed by atoms with E-state index in [1.165, 1.54) is 6.07 Å². The van der Waals surface area contributed by atoms with Crippen molar-refractivity contribution in [1.82, 2.24) is 4.90 Å². The maximum absolute atomic E-state index is 12.0. The van der Waals surface area contributed by atoms with Crippen LogP contribution in [-0.4, -0.2) is 29.3 Å². The van der Waals surface area contributed by atoms with Crippen LogP contribution in [0.15, 0.2) is 18.2 Å². The Hall–Kier alpha value is -2.11. The molecule has 2 rings (SSSR count). The van der Waals surface area contributed by atoms with E-state index < -0.39 is 4.92 Å². The third-order valence-electron chi connectivity index (χ3n) is 3.61. The molecule has 0 radical (unpaired) electrons. The lowest BCUT2D eigenvalue weighted by atomic mass is 10.1. The molecule has 0 saturated carbocycles. The summed E-state index contributed by atoms with van der Waals surface area (Å²) in [4.78, 5) is 24.4. The molecule has 1 aromatic rings. The molecule has 1 aliphatic heterocycles. The number of hydrogen-bond donors (Lipinski definition) is 1. The zero-order valence-electron chi connectivity index (χ0n) is 11.6. The molecule has 0 aliphatic carbocycles. The summed E-state index contributed by atoms with van der Waals surface area (Å²) >= 11 is 0. The molecule has 1 heterocycles. The predicted molar refractivity (Wildman–Crippen MR) is 76.5 cm³/mol. The fraction of sp³-hybridized carbons (Fsp3) is 0.500. The fourth-order valence-corrected chi connectivity index (χ4v) is 2.57. The van der Waals surface area contributed by atoms with E-state index in [0.717, 1.165) is 31.4 Å². The van der Waals surface area contributed by atoms with Crippen LogP contribution in [-0.2, 0) is 11.3 Å². The first-order valence-electron chi connectivity index (χ1n) is 6.85. The van der Waals surface area contributed by atoms with Crippen molar-refractivity contribution >= 4 is 17.3 Å². The molecule has 0 unspecified atom stereocenters. The Morgan fingerprint density at radius 2 is 2.15 bits per heavy atom. The second-order valence-corrected chi connectivity index (χ2v) is 4.94. The third-order valence-corrected chi connectivity index (χ3v) is 3.61. The number of anilines is 1. The van der Waals surface area contributed by atoms with Crippen LogP contribution in [0.25, 0.3) is 0 Å². The lowest BCUT2D eigenvalue weighted by molar-refractivity contribution is -0.384. The van der Waals surface area contributed by atoms with Crippen LogP contribution in [0.2, 0.25) is 0 Å². The predicted octanol–water partition coefficient (Wildman–Crippen LogP) is 2.54. The number of nitro groups is 1. The van der Waals surface area contributed by atoms with E-state index >= 15 is 0 Å². The lowest BCUT2D eigenvalue weighted by Gasteiger charge is -2.22. The number of rotatable bonds is 4. The van der Waals surface area contributed by atoms with Gasteiger partial charge in [-0.2, -0.15) is 0 Å². The van der Waals surface area contributed by atoms with Crippen molar-refractivity contribution in [2.24, 2.45) is 0 Å². The molecule has 1 fully saturated rings. The van der Waals surface area contributed by atoms with E-state index in [1.54, 1.807) is 18.0 Å². The molecule has 20 heavy (non-hydrogen) atoms. The van der Waals surface area contributed by atoms with Gasteiger partial charge in [0.1, 0.15) is 5.69 Å². The Labute approximate surface area is 117 Å². The van der Waals surface area contributed by atoms with E-state index in [9.17, 15) is 14.9 Å². The minimum atomic E-state index is -0.403. The molecular weight excluding hydrogens is 258 g/mol. The van der Waals surface area contributed by atoms with Gasteiger partial charge in [0, 0.05) is 38.2 Å². The topological polar surface area (TPSA) is 75.5 Å². The lowest BCUT2D eigenvalue weighted by Crippen LogP contribution is -2.30.